The van der Waals surface area contributed by atoms with Crippen molar-refractivity contribution in [2.24, 2.45) is 7.05 Å². The van der Waals surface area contributed by atoms with Gasteiger partial charge < -0.3 is 5.32 Å². The Morgan fingerprint density at radius 3 is 2.63 bits per heavy atom. The summed E-state index contributed by atoms with van der Waals surface area (Å²) < 4.78 is 2.04. The topological polar surface area (TPSA) is 73.5 Å². The van der Waals surface area contributed by atoms with Crippen LogP contribution < -0.4 is 5.32 Å². The van der Waals surface area contributed by atoms with E-state index >= 15 is 0 Å². The molecule has 0 spiro atoms. The summed E-state index contributed by atoms with van der Waals surface area (Å²) in [4.78, 5) is 1.48. The van der Waals surface area contributed by atoms with Crippen LogP contribution >= 0.6 is 0 Å². The molecule has 1 atom stereocenters. The molecule has 19 heavy (non-hydrogen) atoms. The number of aromatic nitrogens is 6. The highest BCUT2D eigenvalue weighted by Crippen LogP contribution is 2.18. The van der Waals surface area contributed by atoms with Crippen molar-refractivity contribution in [1.29, 1.82) is 0 Å². The van der Waals surface area contributed by atoms with Gasteiger partial charge >= 0.3 is 0 Å². The van der Waals surface area contributed by atoms with Crippen LogP contribution in [0.3, 0.4) is 0 Å². The third-order valence-corrected chi connectivity index (χ3v) is 3.17. The zero-order valence-corrected chi connectivity index (χ0v) is 12.0. The lowest BCUT2D eigenvalue weighted by Crippen LogP contribution is -2.23. The Hall–Kier alpha value is -1.76. The van der Waals surface area contributed by atoms with E-state index in [0.29, 0.717) is 6.42 Å². The number of aryl methyl sites for hydroxylation is 3. The van der Waals surface area contributed by atoms with E-state index in [1.54, 1.807) is 7.05 Å². The molecule has 0 bridgehead atoms. The first kappa shape index (κ1) is 13.7. The second-order valence-electron chi connectivity index (χ2n) is 4.47. The predicted octanol–water partition coefficient (Wildman–Crippen LogP) is 0.492. The number of tetrazole rings is 1. The van der Waals surface area contributed by atoms with Gasteiger partial charge in [0.15, 0.2) is 5.82 Å². The Morgan fingerprint density at radius 2 is 2.11 bits per heavy atom. The molecule has 0 aromatic carbocycles. The third-order valence-electron chi connectivity index (χ3n) is 3.17. The smallest absolute Gasteiger partial charge is 0.176 e. The monoisotopic (exact) mass is 263 g/mol. The van der Waals surface area contributed by atoms with Crippen LogP contribution in [0.15, 0.2) is 6.07 Å². The Bertz CT molecular complexity index is 528. The van der Waals surface area contributed by atoms with Gasteiger partial charge in [0.05, 0.1) is 24.5 Å². The fourth-order valence-corrected chi connectivity index (χ4v) is 2.14. The predicted molar refractivity (Wildman–Crippen MR) is 71.6 cm³/mol. The molecule has 0 fully saturated rings. The maximum Gasteiger partial charge on any atom is 0.176 e. The van der Waals surface area contributed by atoms with Gasteiger partial charge in [-0.1, -0.05) is 6.92 Å². The standard InChI is InChI=1S/C12H21N7/c1-5-9-7-11(19(6-2)15-9)10(13-3)8-12-14-17-18(4)16-12/h7,10,13H,5-6,8H2,1-4H3. The van der Waals surface area contributed by atoms with Crippen molar-refractivity contribution in [3.05, 3.63) is 23.3 Å². The zero-order valence-electron chi connectivity index (χ0n) is 12.0. The van der Waals surface area contributed by atoms with Gasteiger partial charge in [-0.2, -0.15) is 9.90 Å². The van der Waals surface area contributed by atoms with E-state index < -0.39 is 0 Å². The SMILES string of the molecule is CCc1cc(C(Cc2nnn(C)n2)NC)n(CC)n1. The Morgan fingerprint density at radius 1 is 1.32 bits per heavy atom. The minimum Gasteiger partial charge on any atom is -0.311 e. The van der Waals surface area contributed by atoms with Crippen molar-refractivity contribution in [1.82, 2.24) is 35.3 Å². The van der Waals surface area contributed by atoms with E-state index in [9.17, 15) is 0 Å². The van der Waals surface area contributed by atoms with E-state index in [-0.39, 0.29) is 6.04 Å². The minimum absolute atomic E-state index is 0.150. The van der Waals surface area contributed by atoms with Gasteiger partial charge in [0, 0.05) is 13.0 Å². The Kier molecular flexibility index (Phi) is 4.26. The number of nitrogens with one attached hydrogen (secondary N) is 1. The minimum atomic E-state index is 0.150. The van der Waals surface area contributed by atoms with Crippen molar-refractivity contribution < 1.29 is 0 Å². The zero-order chi connectivity index (χ0) is 13.8. The summed E-state index contributed by atoms with van der Waals surface area (Å²) >= 11 is 0. The van der Waals surface area contributed by atoms with Crippen LogP contribution in [0.2, 0.25) is 0 Å². The maximum atomic E-state index is 4.58. The average molecular weight is 263 g/mol. The second kappa shape index (κ2) is 5.92. The highest BCUT2D eigenvalue weighted by atomic mass is 15.6. The van der Waals surface area contributed by atoms with Crippen LogP contribution in [0.1, 0.15) is 37.1 Å². The molecule has 1 unspecified atom stereocenters. The number of nitrogens with zero attached hydrogens (tertiary/aromatic N) is 6. The molecule has 2 rings (SSSR count). The van der Waals surface area contributed by atoms with Gasteiger partial charge in [0.1, 0.15) is 0 Å². The molecule has 104 valence electrons. The van der Waals surface area contributed by atoms with Gasteiger partial charge in [0.2, 0.25) is 0 Å². The van der Waals surface area contributed by atoms with E-state index in [4.69, 9.17) is 0 Å². The van der Waals surface area contributed by atoms with E-state index in [0.717, 1.165) is 24.5 Å². The number of rotatable bonds is 6. The van der Waals surface area contributed by atoms with E-state index in [1.807, 2.05) is 11.7 Å². The molecule has 0 saturated heterocycles. The summed E-state index contributed by atoms with van der Waals surface area (Å²) in [6.07, 6.45) is 1.65. The lowest BCUT2D eigenvalue weighted by atomic mass is 10.1. The highest BCUT2D eigenvalue weighted by Gasteiger charge is 2.18. The van der Waals surface area contributed by atoms with Crippen molar-refractivity contribution in [3.8, 4) is 0 Å². The van der Waals surface area contributed by atoms with Crippen LogP contribution in [0, 0.1) is 0 Å². The van der Waals surface area contributed by atoms with Crippen LogP contribution in [-0.2, 0) is 26.4 Å². The molecular formula is C12H21N7. The number of hydrogen-bond donors (Lipinski definition) is 1. The lowest BCUT2D eigenvalue weighted by Gasteiger charge is -2.15. The molecule has 0 aliphatic rings. The van der Waals surface area contributed by atoms with Crippen LogP contribution in [0.25, 0.3) is 0 Å². The van der Waals surface area contributed by atoms with Crippen LogP contribution in [0.4, 0.5) is 0 Å². The lowest BCUT2D eigenvalue weighted by molar-refractivity contribution is 0.502. The number of likely N-dealkylation sites (N-methyl/N-ethyl adjacent to an activating group) is 1. The normalized spacial score (nSPS) is 12.8. The molecule has 2 heterocycles. The summed E-state index contributed by atoms with van der Waals surface area (Å²) in [5, 5.41) is 20.0. The van der Waals surface area contributed by atoms with Crippen LogP contribution in [-0.4, -0.2) is 37.0 Å². The Balaban J connectivity index is 2.23. The van der Waals surface area contributed by atoms with Crippen molar-refractivity contribution in [3.63, 3.8) is 0 Å². The molecule has 2 aromatic rings. The van der Waals surface area contributed by atoms with Crippen molar-refractivity contribution >= 4 is 0 Å². The number of hydrogen-bond acceptors (Lipinski definition) is 5. The average Bonchev–Trinajstić information content (AvgIpc) is 3.01. The van der Waals surface area contributed by atoms with Crippen LogP contribution in [0.5, 0.6) is 0 Å². The molecular weight excluding hydrogens is 242 g/mol. The molecule has 0 aliphatic carbocycles. The van der Waals surface area contributed by atoms with Gasteiger partial charge in [0.25, 0.3) is 0 Å². The summed E-state index contributed by atoms with van der Waals surface area (Å²) in [6, 6.07) is 2.30. The summed E-state index contributed by atoms with van der Waals surface area (Å²) in [6.45, 7) is 5.08. The van der Waals surface area contributed by atoms with Gasteiger partial charge in [-0.3, -0.25) is 4.68 Å². The molecule has 0 aliphatic heterocycles. The first-order valence-electron chi connectivity index (χ1n) is 6.64. The van der Waals surface area contributed by atoms with E-state index in [2.05, 4.69) is 45.7 Å². The fourth-order valence-electron chi connectivity index (χ4n) is 2.14. The third kappa shape index (κ3) is 2.98. The van der Waals surface area contributed by atoms with Gasteiger partial charge in [-0.25, -0.2) is 0 Å². The van der Waals surface area contributed by atoms with Crippen molar-refractivity contribution in [2.75, 3.05) is 7.05 Å². The molecule has 0 amide bonds. The largest absolute Gasteiger partial charge is 0.311 e. The highest BCUT2D eigenvalue weighted by molar-refractivity contribution is 5.15. The summed E-state index contributed by atoms with van der Waals surface area (Å²) in [5.74, 6) is 0.740. The quantitative estimate of drug-likeness (QED) is 0.821. The molecule has 1 N–H and O–H groups in total. The van der Waals surface area contributed by atoms with E-state index in [1.165, 1.54) is 10.5 Å². The molecule has 0 saturated carbocycles. The summed E-state index contributed by atoms with van der Waals surface area (Å²) in [5.41, 5.74) is 2.29. The molecule has 0 radical (unpaired) electrons. The first-order valence-corrected chi connectivity index (χ1v) is 6.64. The second-order valence-corrected chi connectivity index (χ2v) is 4.47. The van der Waals surface area contributed by atoms with Gasteiger partial charge in [-0.15, -0.1) is 10.2 Å². The van der Waals surface area contributed by atoms with Gasteiger partial charge in [-0.05, 0) is 31.7 Å². The molecule has 7 nitrogen and oxygen atoms in total. The first-order chi connectivity index (χ1) is 9.17. The molecule has 7 heteroatoms. The molecule has 2 aromatic heterocycles. The maximum absolute atomic E-state index is 4.58. The summed E-state index contributed by atoms with van der Waals surface area (Å²) in [7, 11) is 3.72. The Labute approximate surface area is 113 Å². The van der Waals surface area contributed by atoms with Crippen molar-refractivity contribution in [2.45, 2.75) is 39.3 Å². The fraction of sp³-hybridized carbons (Fsp3) is 0.667.